The molecule has 0 fully saturated rings. The number of benzene rings is 1. The van der Waals surface area contributed by atoms with E-state index < -0.39 is 6.43 Å². The van der Waals surface area contributed by atoms with E-state index in [2.05, 4.69) is 0 Å². The van der Waals surface area contributed by atoms with Crippen LogP contribution in [0.1, 0.15) is 29.3 Å². The second-order valence-corrected chi connectivity index (χ2v) is 3.76. The quantitative estimate of drug-likeness (QED) is 0.603. The molecule has 0 aliphatic rings. The van der Waals surface area contributed by atoms with Crippen LogP contribution in [0.4, 0.5) is 8.78 Å². The van der Waals surface area contributed by atoms with Crippen LogP contribution in [0.15, 0.2) is 18.2 Å². The standard InChI is InChI=1S/C9H7F2IO/c1-5(13)7-3-2-6(9(10)11)4-8(7)12/h2-4,9H,1H3. The summed E-state index contributed by atoms with van der Waals surface area (Å²) in [5.41, 5.74) is 0.444. The Bertz CT molecular complexity index is 336. The molecule has 0 radical (unpaired) electrons. The fraction of sp³-hybridized carbons (Fsp3) is 0.222. The van der Waals surface area contributed by atoms with E-state index >= 15 is 0 Å². The number of carbonyl (C=O) groups excluding carboxylic acids is 1. The van der Waals surface area contributed by atoms with E-state index in [1.807, 2.05) is 22.6 Å². The lowest BCUT2D eigenvalue weighted by atomic mass is 10.1. The first kappa shape index (κ1) is 10.6. The summed E-state index contributed by atoms with van der Waals surface area (Å²) >= 11 is 1.88. The minimum Gasteiger partial charge on any atom is -0.294 e. The van der Waals surface area contributed by atoms with Gasteiger partial charge in [-0.1, -0.05) is 6.07 Å². The molecule has 13 heavy (non-hydrogen) atoms. The molecule has 0 aliphatic carbocycles. The van der Waals surface area contributed by atoms with E-state index in [4.69, 9.17) is 0 Å². The molecule has 0 amide bonds. The van der Waals surface area contributed by atoms with Crippen LogP contribution in [-0.2, 0) is 0 Å². The van der Waals surface area contributed by atoms with E-state index in [1.54, 1.807) is 0 Å². The number of halogens is 3. The van der Waals surface area contributed by atoms with Crippen molar-refractivity contribution in [3.63, 3.8) is 0 Å². The maximum atomic E-state index is 12.2. The summed E-state index contributed by atoms with van der Waals surface area (Å²) in [6.45, 7) is 1.42. The largest absolute Gasteiger partial charge is 0.294 e. The molecular weight excluding hydrogens is 289 g/mol. The summed E-state index contributed by atoms with van der Waals surface area (Å²) < 4.78 is 25.0. The summed E-state index contributed by atoms with van der Waals surface area (Å²) in [5, 5.41) is 0. The van der Waals surface area contributed by atoms with Crippen molar-refractivity contribution in [3.05, 3.63) is 32.9 Å². The van der Waals surface area contributed by atoms with Crippen LogP contribution in [0, 0.1) is 3.57 Å². The molecule has 1 rings (SSSR count). The highest BCUT2D eigenvalue weighted by Gasteiger charge is 2.10. The average Bonchev–Trinajstić information content (AvgIpc) is 2.03. The van der Waals surface area contributed by atoms with Crippen LogP contribution in [0.25, 0.3) is 0 Å². The monoisotopic (exact) mass is 296 g/mol. The summed E-state index contributed by atoms with van der Waals surface area (Å²) in [7, 11) is 0. The van der Waals surface area contributed by atoms with Gasteiger partial charge in [-0.05, 0) is 41.6 Å². The lowest BCUT2D eigenvalue weighted by Gasteiger charge is -2.03. The fourth-order valence-electron chi connectivity index (χ4n) is 0.953. The predicted molar refractivity (Wildman–Crippen MR) is 54.1 cm³/mol. The summed E-state index contributed by atoms with van der Waals surface area (Å²) in [5.74, 6) is -0.106. The molecule has 0 aromatic heterocycles. The molecule has 0 saturated heterocycles. The van der Waals surface area contributed by atoms with Crippen LogP contribution >= 0.6 is 22.6 Å². The van der Waals surface area contributed by atoms with Crippen LogP contribution in [0.5, 0.6) is 0 Å². The van der Waals surface area contributed by atoms with Crippen LogP contribution in [0.2, 0.25) is 0 Å². The van der Waals surface area contributed by atoms with Gasteiger partial charge in [-0.3, -0.25) is 4.79 Å². The summed E-state index contributed by atoms with van der Waals surface area (Å²) in [6, 6.07) is 4.05. The Morgan fingerprint density at radius 1 is 1.46 bits per heavy atom. The van der Waals surface area contributed by atoms with E-state index in [9.17, 15) is 13.6 Å². The van der Waals surface area contributed by atoms with Crippen molar-refractivity contribution in [2.45, 2.75) is 13.3 Å². The Kier molecular flexibility index (Phi) is 3.35. The normalized spacial score (nSPS) is 10.5. The molecule has 1 aromatic rings. The Balaban J connectivity index is 3.13. The highest BCUT2D eigenvalue weighted by Crippen LogP contribution is 2.23. The van der Waals surface area contributed by atoms with E-state index in [0.717, 1.165) is 0 Å². The van der Waals surface area contributed by atoms with Crippen molar-refractivity contribution in [3.8, 4) is 0 Å². The third-order valence-corrected chi connectivity index (χ3v) is 2.52. The van der Waals surface area contributed by atoms with Crippen molar-refractivity contribution in [1.29, 1.82) is 0 Å². The Morgan fingerprint density at radius 2 is 2.08 bits per heavy atom. The van der Waals surface area contributed by atoms with Gasteiger partial charge < -0.3 is 0 Å². The molecule has 0 N–H and O–H groups in total. The smallest absolute Gasteiger partial charge is 0.263 e. The van der Waals surface area contributed by atoms with Crippen molar-refractivity contribution >= 4 is 28.4 Å². The average molecular weight is 296 g/mol. The molecule has 0 bridgehead atoms. The van der Waals surface area contributed by atoms with Crippen molar-refractivity contribution in [1.82, 2.24) is 0 Å². The van der Waals surface area contributed by atoms with Gasteiger partial charge in [0.2, 0.25) is 0 Å². The van der Waals surface area contributed by atoms with Gasteiger partial charge in [0.05, 0.1) is 0 Å². The second kappa shape index (κ2) is 4.13. The maximum Gasteiger partial charge on any atom is 0.263 e. The van der Waals surface area contributed by atoms with E-state index in [1.165, 1.54) is 25.1 Å². The number of hydrogen-bond donors (Lipinski definition) is 0. The van der Waals surface area contributed by atoms with Gasteiger partial charge in [0, 0.05) is 14.7 Å². The van der Waals surface area contributed by atoms with Crippen LogP contribution in [0.3, 0.4) is 0 Å². The van der Waals surface area contributed by atoms with Crippen LogP contribution in [-0.4, -0.2) is 5.78 Å². The molecular formula is C9H7F2IO. The highest BCUT2D eigenvalue weighted by molar-refractivity contribution is 14.1. The number of alkyl halides is 2. The molecule has 1 nitrogen and oxygen atoms in total. The number of carbonyl (C=O) groups is 1. The number of Topliss-reactive ketones (excluding diaryl/α,β-unsaturated/α-hetero) is 1. The third kappa shape index (κ3) is 2.46. The van der Waals surface area contributed by atoms with Gasteiger partial charge in [0.15, 0.2) is 5.78 Å². The first-order valence-corrected chi connectivity index (χ1v) is 4.69. The summed E-state index contributed by atoms with van der Waals surface area (Å²) in [6.07, 6.45) is -2.48. The molecule has 70 valence electrons. The molecule has 0 heterocycles. The first-order chi connectivity index (χ1) is 6.02. The lowest BCUT2D eigenvalue weighted by molar-refractivity contribution is 0.101. The van der Waals surface area contributed by atoms with Crippen LogP contribution < -0.4 is 0 Å². The van der Waals surface area contributed by atoms with Gasteiger partial charge in [0.1, 0.15) is 0 Å². The summed E-state index contributed by atoms with van der Waals surface area (Å²) in [4.78, 5) is 11.0. The Hall–Kier alpha value is -0.520. The first-order valence-electron chi connectivity index (χ1n) is 3.61. The number of hydrogen-bond acceptors (Lipinski definition) is 1. The van der Waals surface area contributed by atoms with Crippen molar-refractivity contribution in [2.75, 3.05) is 0 Å². The van der Waals surface area contributed by atoms with Gasteiger partial charge in [-0.2, -0.15) is 0 Å². The third-order valence-electron chi connectivity index (χ3n) is 1.62. The molecule has 0 unspecified atom stereocenters. The number of ketones is 1. The van der Waals surface area contributed by atoms with E-state index in [-0.39, 0.29) is 11.3 Å². The van der Waals surface area contributed by atoms with Gasteiger partial charge in [0.25, 0.3) is 6.43 Å². The zero-order valence-corrected chi connectivity index (χ0v) is 9.01. The molecule has 4 heteroatoms. The lowest BCUT2D eigenvalue weighted by Crippen LogP contribution is -1.97. The topological polar surface area (TPSA) is 17.1 Å². The van der Waals surface area contributed by atoms with Gasteiger partial charge in [-0.15, -0.1) is 0 Å². The second-order valence-electron chi connectivity index (χ2n) is 2.60. The van der Waals surface area contributed by atoms with Crippen molar-refractivity contribution < 1.29 is 13.6 Å². The van der Waals surface area contributed by atoms with E-state index in [0.29, 0.717) is 9.13 Å². The zero-order chi connectivity index (χ0) is 10.0. The van der Waals surface area contributed by atoms with Crippen molar-refractivity contribution in [2.24, 2.45) is 0 Å². The fourth-order valence-corrected chi connectivity index (χ4v) is 1.87. The molecule has 0 atom stereocenters. The Labute approximate surface area is 88.3 Å². The number of rotatable bonds is 2. The molecule has 0 spiro atoms. The van der Waals surface area contributed by atoms with Gasteiger partial charge in [-0.25, -0.2) is 8.78 Å². The molecule has 0 aliphatic heterocycles. The predicted octanol–water partition coefficient (Wildman–Crippen LogP) is 3.43. The molecule has 0 saturated carbocycles. The molecule has 1 aromatic carbocycles. The minimum absolute atomic E-state index is 0.0469. The Morgan fingerprint density at radius 3 is 2.46 bits per heavy atom. The SMILES string of the molecule is CC(=O)c1ccc(C(F)F)cc1I. The van der Waals surface area contributed by atoms with Gasteiger partial charge >= 0.3 is 0 Å². The maximum absolute atomic E-state index is 12.2. The highest BCUT2D eigenvalue weighted by atomic mass is 127. The minimum atomic E-state index is -2.48. The zero-order valence-electron chi connectivity index (χ0n) is 6.85.